The molecule has 1 unspecified atom stereocenters. The van der Waals surface area contributed by atoms with Crippen LogP contribution in [0.2, 0.25) is 0 Å². The fourth-order valence-electron chi connectivity index (χ4n) is 2.93. The Balaban J connectivity index is 1.63. The van der Waals surface area contributed by atoms with Crippen LogP contribution >= 0.6 is 0 Å². The second-order valence-corrected chi connectivity index (χ2v) is 6.33. The van der Waals surface area contributed by atoms with E-state index in [1.807, 2.05) is 4.90 Å². The van der Waals surface area contributed by atoms with E-state index in [9.17, 15) is 9.59 Å². The van der Waals surface area contributed by atoms with Crippen molar-refractivity contribution in [2.24, 2.45) is 11.8 Å². The Kier molecular flexibility index (Phi) is 6.49. The molecule has 21 heavy (non-hydrogen) atoms. The summed E-state index contributed by atoms with van der Waals surface area (Å²) in [5.41, 5.74) is 0. The molecule has 0 aromatic carbocycles. The monoisotopic (exact) mass is 296 g/mol. The number of hydrogen-bond donors (Lipinski definition) is 2. The Morgan fingerprint density at radius 1 is 1.05 bits per heavy atom. The van der Waals surface area contributed by atoms with Crippen LogP contribution in [0, 0.1) is 11.8 Å². The lowest BCUT2D eigenvalue weighted by Gasteiger charge is -2.32. The number of aliphatic hydroxyl groups is 1. The molecule has 0 bridgehead atoms. The number of nitrogens with zero attached hydrogens (tertiary/aromatic N) is 1. The summed E-state index contributed by atoms with van der Waals surface area (Å²) in [6, 6.07) is 0. The SMILES string of the molecule is O=C(NCCCCCCO)C1CCCN(C(=O)C2CC2)C1. The highest BCUT2D eigenvalue weighted by atomic mass is 16.3. The van der Waals surface area contributed by atoms with Gasteiger partial charge in [-0.3, -0.25) is 9.59 Å². The molecule has 1 aliphatic carbocycles. The molecular weight excluding hydrogens is 268 g/mol. The molecule has 1 aliphatic heterocycles. The highest BCUT2D eigenvalue weighted by molar-refractivity contribution is 5.83. The number of hydrogen-bond acceptors (Lipinski definition) is 3. The zero-order chi connectivity index (χ0) is 15.1. The number of unbranched alkanes of at least 4 members (excludes halogenated alkanes) is 3. The molecule has 2 aliphatic rings. The number of amides is 2. The van der Waals surface area contributed by atoms with Crippen molar-refractivity contribution >= 4 is 11.8 Å². The molecule has 2 rings (SSSR count). The van der Waals surface area contributed by atoms with Gasteiger partial charge in [0.15, 0.2) is 0 Å². The van der Waals surface area contributed by atoms with E-state index in [1.54, 1.807) is 0 Å². The molecule has 1 heterocycles. The maximum absolute atomic E-state index is 12.2. The Morgan fingerprint density at radius 3 is 2.52 bits per heavy atom. The molecule has 2 N–H and O–H groups in total. The predicted octanol–water partition coefficient (Wildman–Crippen LogP) is 1.30. The van der Waals surface area contributed by atoms with Crippen molar-refractivity contribution in [2.75, 3.05) is 26.2 Å². The zero-order valence-electron chi connectivity index (χ0n) is 12.9. The summed E-state index contributed by atoms with van der Waals surface area (Å²) >= 11 is 0. The molecule has 120 valence electrons. The first-order chi connectivity index (χ1) is 10.2. The first kappa shape index (κ1) is 16.3. The minimum absolute atomic E-state index is 0.0288. The van der Waals surface area contributed by atoms with Crippen molar-refractivity contribution in [3.8, 4) is 0 Å². The van der Waals surface area contributed by atoms with Crippen molar-refractivity contribution in [2.45, 2.75) is 51.4 Å². The number of carbonyl (C=O) groups excluding carboxylic acids is 2. The summed E-state index contributed by atoms with van der Waals surface area (Å²) < 4.78 is 0. The summed E-state index contributed by atoms with van der Waals surface area (Å²) in [5.74, 6) is 0.583. The van der Waals surface area contributed by atoms with Crippen LogP contribution in [0.4, 0.5) is 0 Å². The summed E-state index contributed by atoms with van der Waals surface area (Å²) in [7, 11) is 0. The quantitative estimate of drug-likeness (QED) is 0.663. The fraction of sp³-hybridized carbons (Fsp3) is 0.875. The molecule has 0 aromatic heterocycles. The molecule has 1 saturated carbocycles. The average Bonchev–Trinajstić information content (AvgIpc) is 3.34. The van der Waals surface area contributed by atoms with Crippen LogP contribution in [-0.2, 0) is 9.59 Å². The molecule has 5 heteroatoms. The number of carbonyl (C=O) groups is 2. The van der Waals surface area contributed by atoms with E-state index in [1.165, 1.54) is 0 Å². The molecular formula is C16H28N2O3. The van der Waals surface area contributed by atoms with E-state index in [4.69, 9.17) is 5.11 Å². The van der Waals surface area contributed by atoms with E-state index in [0.717, 1.165) is 57.9 Å². The van der Waals surface area contributed by atoms with Crippen molar-refractivity contribution in [3.63, 3.8) is 0 Å². The largest absolute Gasteiger partial charge is 0.396 e. The van der Waals surface area contributed by atoms with E-state index >= 15 is 0 Å². The molecule has 5 nitrogen and oxygen atoms in total. The van der Waals surface area contributed by atoms with Crippen LogP contribution in [0.25, 0.3) is 0 Å². The number of nitrogens with one attached hydrogen (secondary N) is 1. The Hall–Kier alpha value is -1.10. The standard InChI is InChI=1S/C16H28N2O3/c19-11-4-2-1-3-9-17-15(20)14-6-5-10-18(12-14)16(21)13-7-8-13/h13-14,19H,1-12H2,(H,17,20). The smallest absolute Gasteiger partial charge is 0.225 e. The van der Waals surface area contributed by atoms with Gasteiger partial charge in [-0.2, -0.15) is 0 Å². The van der Waals surface area contributed by atoms with Crippen LogP contribution in [0.5, 0.6) is 0 Å². The Labute approximate surface area is 127 Å². The maximum atomic E-state index is 12.2. The van der Waals surface area contributed by atoms with Crippen LogP contribution in [0.15, 0.2) is 0 Å². The zero-order valence-corrected chi connectivity index (χ0v) is 12.9. The summed E-state index contributed by atoms with van der Waals surface area (Å²) in [6.45, 7) is 2.38. The summed E-state index contributed by atoms with van der Waals surface area (Å²) in [5, 5.41) is 11.7. The van der Waals surface area contributed by atoms with Crippen molar-refractivity contribution in [1.29, 1.82) is 0 Å². The van der Waals surface area contributed by atoms with Gasteiger partial charge in [-0.05, 0) is 38.5 Å². The maximum Gasteiger partial charge on any atom is 0.225 e. The molecule has 1 saturated heterocycles. The number of likely N-dealkylation sites (tertiary alicyclic amines) is 1. The van der Waals surface area contributed by atoms with E-state index in [0.29, 0.717) is 13.1 Å². The van der Waals surface area contributed by atoms with Gasteiger partial charge in [0.25, 0.3) is 0 Å². The predicted molar refractivity (Wildman–Crippen MR) is 80.6 cm³/mol. The van der Waals surface area contributed by atoms with E-state index in [-0.39, 0.29) is 30.3 Å². The van der Waals surface area contributed by atoms with E-state index < -0.39 is 0 Å². The van der Waals surface area contributed by atoms with Gasteiger partial charge in [0.1, 0.15) is 0 Å². The molecule has 2 amide bonds. The molecule has 1 atom stereocenters. The number of aliphatic hydroxyl groups excluding tert-OH is 1. The lowest BCUT2D eigenvalue weighted by atomic mass is 9.96. The van der Waals surface area contributed by atoms with Crippen LogP contribution in [-0.4, -0.2) is 48.1 Å². The third kappa shape index (κ3) is 5.30. The van der Waals surface area contributed by atoms with Gasteiger partial charge >= 0.3 is 0 Å². The van der Waals surface area contributed by atoms with E-state index in [2.05, 4.69) is 5.32 Å². The molecule has 0 aromatic rings. The number of piperidine rings is 1. The normalized spacial score (nSPS) is 22.1. The summed E-state index contributed by atoms with van der Waals surface area (Å²) in [6.07, 6.45) is 7.74. The Bertz CT molecular complexity index is 355. The van der Waals surface area contributed by atoms with Gasteiger partial charge in [0, 0.05) is 32.2 Å². The molecule has 2 fully saturated rings. The van der Waals surface area contributed by atoms with Gasteiger partial charge in [-0.1, -0.05) is 12.8 Å². The first-order valence-electron chi connectivity index (χ1n) is 8.39. The lowest BCUT2D eigenvalue weighted by molar-refractivity contribution is -0.136. The third-order valence-electron chi connectivity index (χ3n) is 4.41. The van der Waals surface area contributed by atoms with Crippen LogP contribution < -0.4 is 5.32 Å². The minimum atomic E-state index is -0.0288. The van der Waals surface area contributed by atoms with Gasteiger partial charge in [0.2, 0.25) is 11.8 Å². The van der Waals surface area contributed by atoms with Gasteiger partial charge in [-0.25, -0.2) is 0 Å². The lowest BCUT2D eigenvalue weighted by Crippen LogP contribution is -2.46. The van der Waals surface area contributed by atoms with Crippen molar-refractivity contribution in [1.82, 2.24) is 10.2 Å². The van der Waals surface area contributed by atoms with Crippen molar-refractivity contribution in [3.05, 3.63) is 0 Å². The van der Waals surface area contributed by atoms with Gasteiger partial charge in [-0.15, -0.1) is 0 Å². The first-order valence-corrected chi connectivity index (χ1v) is 8.39. The molecule has 0 spiro atoms. The second-order valence-electron chi connectivity index (χ2n) is 6.33. The van der Waals surface area contributed by atoms with Gasteiger partial charge in [0.05, 0.1) is 5.92 Å². The third-order valence-corrected chi connectivity index (χ3v) is 4.41. The molecule has 0 radical (unpaired) electrons. The second kappa shape index (κ2) is 8.37. The topological polar surface area (TPSA) is 69.6 Å². The summed E-state index contributed by atoms with van der Waals surface area (Å²) in [4.78, 5) is 26.1. The average molecular weight is 296 g/mol. The fourth-order valence-corrected chi connectivity index (χ4v) is 2.93. The van der Waals surface area contributed by atoms with Crippen LogP contribution in [0.3, 0.4) is 0 Å². The van der Waals surface area contributed by atoms with Gasteiger partial charge < -0.3 is 15.3 Å². The minimum Gasteiger partial charge on any atom is -0.396 e. The Morgan fingerprint density at radius 2 is 1.81 bits per heavy atom. The highest BCUT2D eigenvalue weighted by Gasteiger charge is 2.36. The highest BCUT2D eigenvalue weighted by Crippen LogP contribution is 2.32. The van der Waals surface area contributed by atoms with Crippen LogP contribution in [0.1, 0.15) is 51.4 Å². The number of rotatable bonds is 8. The van der Waals surface area contributed by atoms with Crippen molar-refractivity contribution < 1.29 is 14.7 Å².